The van der Waals surface area contributed by atoms with Gasteiger partial charge in [-0.2, -0.15) is 0 Å². The Labute approximate surface area is 145 Å². The lowest BCUT2D eigenvalue weighted by molar-refractivity contribution is 0.137. The topological polar surface area (TPSA) is 77.1 Å². The van der Waals surface area contributed by atoms with Crippen molar-refractivity contribution >= 4 is 17.9 Å². The van der Waals surface area contributed by atoms with E-state index in [4.69, 9.17) is 14.2 Å². The van der Waals surface area contributed by atoms with Gasteiger partial charge in [0.25, 0.3) is 0 Å². The van der Waals surface area contributed by atoms with Crippen molar-refractivity contribution in [2.24, 2.45) is 0 Å². The number of hydrogen-bond donors (Lipinski definition) is 1. The molecule has 130 valence electrons. The molecule has 2 aromatic carbocycles. The second-order valence-electron chi connectivity index (χ2n) is 5.40. The molecule has 1 heterocycles. The highest BCUT2D eigenvalue weighted by molar-refractivity contribution is 5.89. The molecule has 1 N–H and O–H groups in total. The maximum absolute atomic E-state index is 12.0. The zero-order chi connectivity index (χ0) is 17.6. The van der Waals surface area contributed by atoms with Crippen LogP contribution in [-0.2, 0) is 4.74 Å². The maximum Gasteiger partial charge on any atom is 0.414 e. The number of ether oxygens (including phenoxy) is 3. The van der Waals surface area contributed by atoms with Crippen LogP contribution in [0.1, 0.15) is 0 Å². The fourth-order valence-electron chi connectivity index (χ4n) is 2.43. The van der Waals surface area contributed by atoms with Crippen LogP contribution in [0.2, 0.25) is 0 Å². The minimum absolute atomic E-state index is 0.171. The van der Waals surface area contributed by atoms with Crippen LogP contribution < -0.4 is 19.7 Å². The summed E-state index contributed by atoms with van der Waals surface area (Å²) in [6, 6.07) is 15.8. The van der Waals surface area contributed by atoms with Gasteiger partial charge in [0, 0.05) is 5.69 Å². The van der Waals surface area contributed by atoms with Crippen LogP contribution in [0.4, 0.5) is 15.3 Å². The normalized spacial score (nSPS) is 16.3. The van der Waals surface area contributed by atoms with Crippen molar-refractivity contribution in [2.75, 3.05) is 25.1 Å². The van der Waals surface area contributed by atoms with Gasteiger partial charge in [0.15, 0.2) is 0 Å². The first-order chi connectivity index (χ1) is 12.2. The first-order valence-corrected chi connectivity index (χ1v) is 7.78. The van der Waals surface area contributed by atoms with Gasteiger partial charge in [0.05, 0.1) is 20.2 Å². The third kappa shape index (κ3) is 4.20. The van der Waals surface area contributed by atoms with Crippen molar-refractivity contribution < 1.29 is 23.8 Å². The first-order valence-electron chi connectivity index (χ1n) is 7.78. The maximum atomic E-state index is 12.0. The Kier molecular flexibility index (Phi) is 5.03. The molecule has 25 heavy (non-hydrogen) atoms. The third-order valence-electron chi connectivity index (χ3n) is 3.69. The monoisotopic (exact) mass is 342 g/mol. The molecule has 1 aliphatic heterocycles. The van der Waals surface area contributed by atoms with Crippen molar-refractivity contribution in [1.29, 1.82) is 0 Å². The lowest BCUT2D eigenvalue weighted by atomic mass is 10.2. The average Bonchev–Trinajstić information content (AvgIpc) is 3.02. The minimum atomic E-state index is -0.592. The smallest absolute Gasteiger partial charge is 0.414 e. The van der Waals surface area contributed by atoms with Crippen LogP contribution in [0, 0.1) is 0 Å². The van der Waals surface area contributed by atoms with E-state index < -0.39 is 18.3 Å². The zero-order valence-corrected chi connectivity index (χ0v) is 13.7. The minimum Gasteiger partial charge on any atom is -0.497 e. The molecule has 1 atom stereocenters. The fourth-order valence-corrected chi connectivity index (χ4v) is 2.43. The third-order valence-corrected chi connectivity index (χ3v) is 3.69. The number of methoxy groups -OCH3 is 1. The lowest BCUT2D eigenvalue weighted by Crippen LogP contribution is -2.36. The summed E-state index contributed by atoms with van der Waals surface area (Å²) in [6.45, 7) is 0.515. The number of benzene rings is 2. The van der Waals surface area contributed by atoms with Gasteiger partial charge in [-0.15, -0.1) is 0 Å². The Morgan fingerprint density at radius 3 is 2.56 bits per heavy atom. The summed E-state index contributed by atoms with van der Waals surface area (Å²) in [7, 11) is 1.58. The van der Waals surface area contributed by atoms with Gasteiger partial charge < -0.3 is 19.5 Å². The number of nitrogens with zero attached hydrogens (tertiary/aromatic N) is 1. The second-order valence-corrected chi connectivity index (χ2v) is 5.40. The largest absolute Gasteiger partial charge is 0.497 e. The number of anilines is 1. The van der Waals surface area contributed by atoms with Crippen molar-refractivity contribution in [1.82, 2.24) is 5.32 Å². The van der Waals surface area contributed by atoms with Crippen LogP contribution in [0.3, 0.4) is 0 Å². The molecule has 1 fully saturated rings. The molecule has 7 nitrogen and oxygen atoms in total. The molecule has 0 bridgehead atoms. The van der Waals surface area contributed by atoms with Crippen molar-refractivity contribution in [3.8, 4) is 11.5 Å². The van der Waals surface area contributed by atoms with E-state index in [1.165, 1.54) is 4.90 Å². The summed E-state index contributed by atoms with van der Waals surface area (Å²) < 4.78 is 15.5. The molecule has 1 saturated heterocycles. The molecule has 0 aliphatic carbocycles. The Bertz CT molecular complexity index is 733. The number of hydrogen-bond acceptors (Lipinski definition) is 5. The highest BCUT2D eigenvalue weighted by Crippen LogP contribution is 2.24. The van der Waals surface area contributed by atoms with Crippen LogP contribution >= 0.6 is 0 Å². The summed E-state index contributed by atoms with van der Waals surface area (Å²) in [5, 5.41) is 2.60. The molecule has 2 amide bonds. The predicted molar refractivity (Wildman–Crippen MR) is 91.1 cm³/mol. The van der Waals surface area contributed by atoms with Crippen LogP contribution in [0.5, 0.6) is 11.5 Å². The quantitative estimate of drug-likeness (QED) is 0.904. The van der Waals surface area contributed by atoms with E-state index in [1.807, 2.05) is 6.07 Å². The molecule has 0 spiro atoms. The number of carbonyl (C=O) groups excluding carboxylic acids is 2. The van der Waals surface area contributed by atoms with E-state index in [0.29, 0.717) is 23.7 Å². The summed E-state index contributed by atoms with van der Waals surface area (Å²) in [5.74, 6) is 1.15. The van der Waals surface area contributed by atoms with Crippen LogP contribution in [-0.4, -0.2) is 38.5 Å². The van der Waals surface area contributed by atoms with Crippen molar-refractivity contribution in [3.05, 3.63) is 54.6 Å². The van der Waals surface area contributed by atoms with Gasteiger partial charge in [0.2, 0.25) is 0 Å². The molecule has 0 saturated carbocycles. The molecule has 3 rings (SSSR count). The van der Waals surface area contributed by atoms with E-state index in [9.17, 15) is 9.59 Å². The van der Waals surface area contributed by atoms with E-state index in [1.54, 1.807) is 55.6 Å². The highest BCUT2D eigenvalue weighted by atomic mass is 16.6. The van der Waals surface area contributed by atoms with Crippen LogP contribution in [0.25, 0.3) is 0 Å². The number of carbonyl (C=O) groups is 2. The Balaban J connectivity index is 1.51. The second kappa shape index (κ2) is 7.57. The van der Waals surface area contributed by atoms with Gasteiger partial charge in [0.1, 0.15) is 17.6 Å². The predicted octanol–water partition coefficient (Wildman–Crippen LogP) is 2.81. The van der Waals surface area contributed by atoms with Crippen molar-refractivity contribution in [2.45, 2.75) is 6.10 Å². The zero-order valence-electron chi connectivity index (χ0n) is 13.7. The van der Waals surface area contributed by atoms with Gasteiger partial charge in [-0.1, -0.05) is 18.2 Å². The Morgan fingerprint density at radius 2 is 1.88 bits per heavy atom. The SMILES string of the molecule is COc1ccc(N2CC(CNC(=O)Oc3ccccc3)OC2=O)cc1. The molecular formula is C18H18N2O5. The van der Waals surface area contributed by atoms with E-state index in [2.05, 4.69) is 5.32 Å². The standard InChI is InChI=1S/C18H18N2O5/c1-23-14-9-7-13(8-10-14)20-12-16(25-18(20)22)11-19-17(21)24-15-5-3-2-4-6-15/h2-10,16H,11-12H2,1H3,(H,19,21). The van der Waals surface area contributed by atoms with Crippen molar-refractivity contribution in [3.63, 3.8) is 0 Å². The molecule has 7 heteroatoms. The molecule has 0 radical (unpaired) electrons. The molecule has 1 aliphatic rings. The van der Waals surface area contributed by atoms with E-state index in [0.717, 1.165) is 0 Å². The number of nitrogens with one attached hydrogen (secondary N) is 1. The molecule has 0 aromatic heterocycles. The van der Waals surface area contributed by atoms with Gasteiger partial charge in [-0.05, 0) is 36.4 Å². The molecular weight excluding hydrogens is 324 g/mol. The molecule has 1 unspecified atom stereocenters. The van der Waals surface area contributed by atoms with E-state index in [-0.39, 0.29) is 6.54 Å². The summed E-state index contributed by atoms with van der Waals surface area (Å²) in [5.41, 5.74) is 0.708. The number of rotatable bonds is 5. The summed E-state index contributed by atoms with van der Waals surface area (Å²) >= 11 is 0. The first kappa shape index (κ1) is 16.6. The number of para-hydroxylation sites is 1. The summed E-state index contributed by atoms with van der Waals surface area (Å²) in [4.78, 5) is 25.3. The average molecular weight is 342 g/mol. The van der Waals surface area contributed by atoms with Gasteiger partial charge in [-0.3, -0.25) is 4.90 Å². The fraction of sp³-hybridized carbons (Fsp3) is 0.222. The number of amides is 2. The number of cyclic esters (lactones) is 1. The lowest BCUT2D eigenvalue weighted by Gasteiger charge is -2.13. The Morgan fingerprint density at radius 1 is 1.16 bits per heavy atom. The van der Waals surface area contributed by atoms with Gasteiger partial charge >= 0.3 is 12.2 Å². The highest BCUT2D eigenvalue weighted by Gasteiger charge is 2.32. The summed E-state index contributed by atoms with van der Waals surface area (Å²) in [6.07, 6.45) is -1.49. The van der Waals surface area contributed by atoms with Gasteiger partial charge in [-0.25, -0.2) is 9.59 Å². The Hall–Kier alpha value is -3.22. The van der Waals surface area contributed by atoms with Crippen LogP contribution in [0.15, 0.2) is 54.6 Å². The molecule has 2 aromatic rings. The van der Waals surface area contributed by atoms with E-state index >= 15 is 0 Å².